The van der Waals surface area contributed by atoms with E-state index in [1.54, 1.807) is 47.1 Å². The van der Waals surface area contributed by atoms with Gasteiger partial charge < -0.3 is 42.8 Å². The van der Waals surface area contributed by atoms with Crippen LogP contribution in [0.5, 0.6) is 28.7 Å². The van der Waals surface area contributed by atoms with Crippen LogP contribution in [0, 0.1) is 17.8 Å². The van der Waals surface area contributed by atoms with Crippen LogP contribution in [0.15, 0.2) is 150 Å². The third kappa shape index (κ3) is 26.7. The van der Waals surface area contributed by atoms with Gasteiger partial charge in [0, 0.05) is 24.3 Å². The van der Waals surface area contributed by atoms with Gasteiger partial charge in [-0.25, -0.2) is 29.5 Å². The van der Waals surface area contributed by atoms with Crippen LogP contribution in [-0.2, 0) is 48.0 Å². The fourth-order valence-corrected chi connectivity index (χ4v) is 14.6. The monoisotopic (exact) mass is 1430 g/mol. The number of thiazole rings is 2. The van der Waals surface area contributed by atoms with E-state index in [2.05, 4.69) is 24.2 Å². The smallest absolute Gasteiger partial charge is 0.330 e. The summed E-state index contributed by atoms with van der Waals surface area (Å²) >= 11 is 4.57. The second-order valence-electron chi connectivity index (χ2n) is 24.6. The Bertz CT molecular complexity index is 3560. The number of esters is 4. The van der Waals surface area contributed by atoms with Gasteiger partial charge in [-0.2, -0.15) is 9.99 Å². The molecule has 1 unspecified atom stereocenters. The van der Waals surface area contributed by atoms with Crippen molar-refractivity contribution in [1.82, 2.24) is 9.97 Å². The van der Waals surface area contributed by atoms with E-state index in [9.17, 15) is 24.4 Å². The number of ether oxygens (including phenoxy) is 7. The van der Waals surface area contributed by atoms with Crippen LogP contribution in [0.4, 0.5) is 5.13 Å². The molecule has 2 heterocycles. The molecule has 5 aromatic carbocycles. The number of nitrogens with zero attached hydrogens (tertiary/aromatic N) is 4. The van der Waals surface area contributed by atoms with Crippen LogP contribution in [0.2, 0.25) is 0 Å². The molecule has 2 fully saturated rings. The number of unbranched alkanes of at least 4 members (excludes halogenated alkanes) is 11. The number of rotatable bonds is 44. The zero-order chi connectivity index (χ0) is 70.4. The molecule has 0 bridgehead atoms. The molecule has 7 aromatic rings. The van der Waals surface area contributed by atoms with Crippen LogP contribution >= 0.6 is 34.4 Å². The maximum Gasteiger partial charge on any atom is 0.330 e. The molecule has 0 aliphatic heterocycles. The van der Waals surface area contributed by atoms with E-state index in [4.69, 9.17) is 62.7 Å². The fourth-order valence-electron chi connectivity index (χ4n) is 11.8. The van der Waals surface area contributed by atoms with Crippen molar-refractivity contribution in [2.75, 3.05) is 56.9 Å². The molecule has 0 radical (unpaired) electrons. The van der Waals surface area contributed by atoms with E-state index in [-0.39, 0.29) is 41.5 Å². The highest BCUT2D eigenvalue weighted by Crippen LogP contribution is 2.40. The molecule has 9 rings (SSSR count). The van der Waals surface area contributed by atoms with Gasteiger partial charge >= 0.3 is 23.9 Å². The summed E-state index contributed by atoms with van der Waals surface area (Å²) in [5.74, 6) is 1.92. The summed E-state index contributed by atoms with van der Waals surface area (Å²) in [5, 5.41) is 17.9. The van der Waals surface area contributed by atoms with Gasteiger partial charge in [-0.15, -0.1) is 11.3 Å². The van der Waals surface area contributed by atoms with Gasteiger partial charge in [-0.05, 0) is 212 Å². The lowest BCUT2D eigenvalue weighted by atomic mass is 9.78. The maximum absolute atomic E-state index is 13.9. The minimum Gasteiger partial charge on any atom is -0.494 e. The van der Waals surface area contributed by atoms with Crippen LogP contribution in [-0.4, -0.2) is 110 Å². The molecule has 1 N–H and O–H groups in total. The summed E-state index contributed by atoms with van der Waals surface area (Å²) in [7, 11) is 0. The Morgan fingerprint density at radius 1 is 0.600 bits per heavy atom. The van der Waals surface area contributed by atoms with Crippen molar-refractivity contribution in [3.63, 3.8) is 0 Å². The summed E-state index contributed by atoms with van der Waals surface area (Å²) in [6.07, 6.45) is 22.2. The van der Waals surface area contributed by atoms with Gasteiger partial charge in [0.1, 0.15) is 35.9 Å². The van der Waals surface area contributed by atoms with Gasteiger partial charge in [-0.1, -0.05) is 98.3 Å². The number of carbonyl (C=O) groups excluding carboxylic acids is 5. The standard InChI is InChI=1S/C76H92N4O15S3.CH2O/c1-3-70(81)88-48-21-11-9-18-46-86-60-35-31-57(32-36-60)73(94-85)56-29-27-55(28-30-56)53-91-95-67-44-43-64(93-74(84)58-33-37-62(38-34-58)92-63-41-39-61(40-42-63)87-47-19-10-12-22-49-89-71(82)4-2)51-59(67)52-77-80(75-78-65-23-13-15-25-68(65)97-75)45-17-7-5-6-8-20-50-90-72(83)54-96-76-79-66-24-14-16-26-69(66)98-76;1-2/h3-4,13-16,23-26,31-32,35-36,39-44,51-52,55-56,58,62,73,85H,1-2,5-12,17-22,27-30,33-34,37-38,45-50,53-54H2;1H2/b77-52+;. The molecule has 0 spiro atoms. The first kappa shape index (κ1) is 77.5. The maximum atomic E-state index is 13.9. The van der Waals surface area contributed by atoms with Gasteiger partial charge in [0.25, 0.3) is 0 Å². The number of hydrazone groups is 1. The summed E-state index contributed by atoms with van der Waals surface area (Å²) < 4.78 is 43.1. The Morgan fingerprint density at radius 2 is 1.14 bits per heavy atom. The van der Waals surface area contributed by atoms with Gasteiger partial charge in [0.15, 0.2) is 10.1 Å². The minimum absolute atomic E-state index is 0.0429. The zero-order valence-electron chi connectivity index (χ0n) is 57.0. The van der Waals surface area contributed by atoms with Crippen LogP contribution in [0.1, 0.15) is 158 Å². The van der Waals surface area contributed by atoms with Crippen LogP contribution in [0.3, 0.4) is 0 Å². The molecule has 536 valence electrons. The lowest BCUT2D eigenvalue weighted by molar-refractivity contribution is -0.296. The number of carbonyl (C=O) groups is 5. The molecule has 2 saturated carbocycles. The highest BCUT2D eigenvalue weighted by atomic mass is 32.2. The summed E-state index contributed by atoms with van der Waals surface area (Å²) in [4.78, 5) is 83.8. The highest BCUT2D eigenvalue weighted by Gasteiger charge is 2.32. The Labute approximate surface area is 598 Å². The van der Waals surface area contributed by atoms with Crippen LogP contribution < -0.4 is 28.8 Å². The molecule has 0 saturated heterocycles. The van der Waals surface area contributed by atoms with E-state index < -0.39 is 18.0 Å². The molecule has 1 atom stereocenters. The van der Waals surface area contributed by atoms with Crippen molar-refractivity contribution in [1.29, 1.82) is 0 Å². The van der Waals surface area contributed by atoms with Crippen molar-refractivity contribution in [2.24, 2.45) is 22.9 Å². The SMILES string of the molecule is C=CC(=O)OCCCCCCOc1ccc(OC2CCC(C(=O)Oc3ccc(OOCC4CCC(C(OO)c5ccc(OCCCCCCOC(=O)C=C)cc5)CC4)c(/C=N/N(CCCCCCCCOC(=O)CSc4nc5ccccc5s4)c4nc5ccccc5s4)c3)CC2)cc1.C=O. The normalized spacial score (nSPS) is 16.2. The number of fused-ring (bicyclic) bond motifs is 2. The van der Waals surface area contributed by atoms with E-state index in [0.29, 0.717) is 88.9 Å². The number of benzene rings is 5. The predicted octanol–water partition coefficient (Wildman–Crippen LogP) is 17.5. The first-order valence-electron chi connectivity index (χ1n) is 34.9. The molecular formula is C77H94N4O16S3. The predicted molar refractivity (Wildman–Crippen MR) is 391 cm³/mol. The molecule has 2 aromatic heterocycles. The Balaban J connectivity index is 0.00000630. The third-order valence-electron chi connectivity index (χ3n) is 17.3. The first-order chi connectivity index (χ1) is 49.1. The average Bonchev–Trinajstić information content (AvgIpc) is 1.45. The molecule has 2 aliphatic carbocycles. The summed E-state index contributed by atoms with van der Waals surface area (Å²) in [6, 6.07) is 36.6. The lowest BCUT2D eigenvalue weighted by Crippen LogP contribution is -2.30. The number of para-hydroxylation sites is 2. The fraction of sp³-hybridized carbons (Fsp3) is 0.455. The summed E-state index contributed by atoms with van der Waals surface area (Å²) in [5.41, 5.74) is 3.25. The molecule has 100 heavy (non-hydrogen) atoms. The molecule has 2 aliphatic rings. The quantitative estimate of drug-likeness (QED) is 0.00430. The lowest BCUT2D eigenvalue weighted by Gasteiger charge is -2.32. The number of aromatic nitrogens is 2. The van der Waals surface area contributed by atoms with Crippen molar-refractivity contribution < 1.29 is 77.1 Å². The molecular weight excluding hydrogens is 1330 g/mol. The zero-order valence-corrected chi connectivity index (χ0v) is 59.5. The second-order valence-corrected chi connectivity index (χ2v) is 27.9. The van der Waals surface area contributed by atoms with E-state index in [0.717, 1.165) is 168 Å². The van der Waals surface area contributed by atoms with Crippen molar-refractivity contribution in [3.05, 3.63) is 152 Å². The Kier molecular flexibility index (Phi) is 34.2. The van der Waals surface area contributed by atoms with E-state index in [1.165, 1.54) is 23.9 Å². The number of hydrogen-bond acceptors (Lipinski definition) is 23. The van der Waals surface area contributed by atoms with Gasteiger partial charge in [0.2, 0.25) is 5.13 Å². The minimum atomic E-state index is -0.487. The Hall–Kier alpha value is -8.19. The van der Waals surface area contributed by atoms with Crippen molar-refractivity contribution in [3.8, 4) is 28.7 Å². The summed E-state index contributed by atoms with van der Waals surface area (Å²) in [6.45, 7) is 12.1. The number of thioether (sulfide) groups is 1. The highest BCUT2D eigenvalue weighted by molar-refractivity contribution is 8.01. The molecule has 20 nitrogen and oxygen atoms in total. The van der Waals surface area contributed by atoms with Gasteiger partial charge in [-0.3, -0.25) is 14.8 Å². The number of hydrogen-bond donors (Lipinski definition) is 1. The molecule has 23 heteroatoms. The Morgan fingerprint density at radius 3 is 1.74 bits per heavy atom. The van der Waals surface area contributed by atoms with Crippen molar-refractivity contribution in [2.45, 2.75) is 158 Å². The largest absolute Gasteiger partial charge is 0.494 e. The third-order valence-corrected chi connectivity index (χ3v) is 20.5. The van der Waals surface area contributed by atoms with E-state index >= 15 is 0 Å². The van der Waals surface area contributed by atoms with Crippen LogP contribution in [0.25, 0.3) is 20.4 Å². The number of anilines is 1. The molecule has 0 amide bonds. The first-order valence-corrected chi connectivity index (χ1v) is 37.5. The topological polar surface area (TPSA) is 239 Å². The average molecular weight is 1430 g/mol. The second kappa shape index (κ2) is 44.1. The van der Waals surface area contributed by atoms with E-state index in [1.807, 2.05) is 103 Å². The van der Waals surface area contributed by atoms with Crippen molar-refractivity contribution >= 4 is 96.9 Å². The van der Waals surface area contributed by atoms with Gasteiger partial charge in [0.05, 0.1) is 84.1 Å².